The van der Waals surface area contributed by atoms with Crippen molar-refractivity contribution in [1.82, 2.24) is 4.72 Å². The Balaban J connectivity index is 1.87. The molecule has 2 aromatic rings. The fraction of sp³-hybridized carbons (Fsp3) is 0.263. The molecule has 0 unspecified atom stereocenters. The van der Waals surface area contributed by atoms with Crippen molar-refractivity contribution in [3.05, 3.63) is 54.1 Å². The number of carbonyl (C=O) groups is 2. The van der Waals surface area contributed by atoms with Gasteiger partial charge in [0.25, 0.3) is 5.91 Å². The summed E-state index contributed by atoms with van der Waals surface area (Å²) in [7, 11) is -2.35. The van der Waals surface area contributed by atoms with Crippen LogP contribution in [0, 0.1) is 6.92 Å². The molecular formula is C19H22N2O6S. The minimum Gasteiger partial charge on any atom is -0.497 e. The van der Waals surface area contributed by atoms with Gasteiger partial charge < -0.3 is 14.8 Å². The van der Waals surface area contributed by atoms with E-state index < -0.39 is 34.5 Å². The van der Waals surface area contributed by atoms with E-state index in [4.69, 9.17) is 9.47 Å². The van der Waals surface area contributed by atoms with Gasteiger partial charge in [-0.1, -0.05) is 23.8 Å². The van der Waals surface area contributed by atoms with E-state index in [0.717, 1.165) is 5.56 Å². The number of anilines is 1. The number of carbonyl (C=O) groups excluding carboxylic acids is 2. The number of amides is 1. The van der Waals surface area contributed by atoms with Gasteiger partial charge in [0, 0.05) is 11.8 Å². The monoisotopic (exact) mass is 406 g/mol. The number of esters is 1. The second-order valence-corrected chi connectivity index (χ2v) is 7.76. The van der Waals surface area contributed by atoms with E-state index in [1.54, 1.807) is 36.4 Å². The van der Waals surface area contributed by atoms with Crippen molar-refractivity contribution in [3.63, 3.8) is 0 Å². The minimum atomic E-state index is -3.85. The number of ether oxygens (including phenoxy) is 2. The molecule has 2 aromatic carbocycles. The Kier molecular flexibility index (Phi) is 7.13. The SMILES string of the molecule is COc1cccc(NC(=O)[C@@H](C)OC(=O)CNS(=O)(=O)c2ccc(C)cc2)c1. The minimum absolute atomic E-state index is 0.0368. The second-order valence-electron chi connectivity index (χ2n) is 5.99. The van der Waals surface area contributed by atoms with Crippen LogP contribution in [-0.4, -0.2) is 40.1 Å². The number of rotatable bonds is 8. The zero-order valence-corrected chi connectivity index (χ0v) is 16.6. The van der Waals surface area contributed by atoms with Gasteiger partial charge in [0.2, 0.25) is 10.0 Å². The molecule has 0 saturated heterocycles. The molecule has 0 aliphatic carbocycles. The average Bonchev–Trinajstić information content (AvgIpc) is 2.67. The van der Waals surface area contributed by atoms with Crippen LogP contribution in [0.5, 0.6) is 5.75 Å². The first-order valence-corrected chi connectivity index (χ1v) is 9.90. The molecule has 0 saturated carbocycles. The van der Waals surface area contributed by atoms with Gasteiger partial charge in [-0.15, -0.1) is 0 Å². The fourth-order valence-electron chi connectivity index (χ4n) is 2.19. The third-order valence-corrected chi connectivity index (χ3v) is 5.17. The van der Waals surface area contributed by atoms with E-state index in [2.05, 4.69) is 10.0 Å². The van der Waals surface area contributed by atoms with Gasteiger partial charge in [0.1, 0.15) is 12.3 Å². The number of hydrogen-bond acceptors (Lipinski definition) is 6. The van der Waals surface area contributed by atoms with Gasteiger partial charge in [-0.05, 0) is 38.1 Å². The summed E-state index contributed by atoms with van der Waals surface area (Å²) in [5.74, 6) is -0.861. The molecule has 150 valence electrons. The summed E-state index contributed by atoms with van der Waals surface area (Å²) in [6.45, 7) is 2.63. The molecule has 0 aromatic heterocycles. The number of nitrogens with one attached hydrogen (secondary N) is 2. The standard InChI is InChI=1S/C19H22N2O6S/c1-13-7-9-17(10-8-13)28(24,25)20-12-18(22)27-14(2)19(23)21-15-5-4-6-16(11-15)26-3/h4-11,14,20H,12H2,1-3H3,(H,21,23)/t14-/m1/s1. The molecule has 2 N–H and O–H groups in total. The molecule has 1 amide bonds. The third kappa shape index (κ3) is 6.07. The molecule has 0 aliphatic rings. The highest BCUT2D eigenvalue weighted by atomic mass is 32.2. The summed E-state index contributed by atoms with van der Waals surface area (Å²) in [4.78, 5) is 24.1. The zero-order valence-electron chi connectivity index (χ0n) is 15.8. The maximum absolute atomic E-state index is 12.2. The van der Waals surface area contributed by atoms with Gasteiger partial charge in [-0.3, -0.25) is 9.59 Å². The van der Waals surface area contributed by atoms with E-state index in [9.17, 15) is 18.0 Å². The number of sulfonamides is 1. The zero-order chi connectivity index (χ0) is 20.7. The first kappa shape index (κ1) is 21.4. The molecule has 8 nitrogen and oxygen atoms in total. The van der Waals surface area contributed by atoms with E-state index in [1.165, 1.54) is 26.2 Å². The lowest BCUT2D eigenvalue weighted by atomic mass is 10.2. The predicted molar refractivity (Wildman–Crippen MR) is 104 cm³/mol. The van der Waals surface area contributed by atoms with Crippen LogP contribution in [0.25, 0.3) is 0 Å². The summed E-state index contributed by atoms with van der Waals surface area (Å²) >= 11 is 0. The molecule has 0 fully saturated rings. The van der Waals surface area contributed by atoms with Gasteiger partial charge in [-0.25, -0.2) is 8.42 Å². The van der Waals surface area contributed by atoms with E-state index >= 15 is 0 Å². The van der Waals surface area contributed by atoms with Crippen LogP contribution in [0.15, 0.2) is 53.4 Å². The summed E-state index contributed by atoms with van der Waals surface area (Å²) in [5.41, 5.74) is 1.39. The van der Waals surface area contributed by atoms with Crippen LogP contribution in [0.3, 0.4) is 0 Å². The molecule has 9 heteroatoms. The lowest BCUT2D eigenvalue weighted by Crippen LogP contribution is -2.35. The van der Waals surface area contributed by atoms with Crippen LogP contribution in [0.2, 0.25) is 0 Å². The van der Waals surface area contributed by atoms with Crippen molar-refractivity contribution < 1.29 is 27.5 Å². The van der Waals surface area contributed by atoms with Crippen molar-refractivity contribution in [2.24, 2.45) is 0 Å². The highest BCUT2D eigenvalue weighted by Crippen LogP contribution is 2.17. The van der Waals surface area contributed by atoms with E-state index in [-0.39, 0.29) is 4.90 Å². The Morgan fingerprint density at radius 3 is 2.43 bits per heavy atom. The topological polar surface area (TPSA) is 111 Å². The van der Waals surface area contributed by atoms with Crippen molar-refractivity contribution in [2.45, 2.75) is 24.8 Å². The quantitative estimate of drug-likeness (QED) is 0.648. The maximum atomic E-state index is 12.2. The maximum Gasteiger partial charge on any atom is 0.321 e. The first-order chi connectivity index (χ1) is 13.2. The van der Waals surface area contributed by atoms with E-state index in [0.29, 0.717) is 11.4 Å². The Morgan fingerprint density at radius 1 is 1.11 bits per heavy atom. The molecule has 2 rings (SSSR count). The number of benzene rings is 2. The summed E-state index contributed by atoms with van der Waals surface area (Å²) in [6, 6.07) is 12.9. The van der Waals surface area contributed by atoms with Gasteiger partial charge in [0.05, 0.1) is 12.0 Å². The lowest BCUT2D eigenvalue weighted by molar-refractivity contribution is -0.151. The fourth-order valence-corrected chi connectivity index (χ4v) is 3.16. The highest BCUT2D eigenvalue weighted by Gasteiger charge is 2.20. The van der Waals surface area contributed by atoms with Crippen LogP contribution < -0.4 is 14.8 Å². The molecule has 0 radical (unpaired) electrons. The predicted octanol–water partition coefficient (Wildman–Crippen LogP) is 1.85. The number of hydrogen-bond donors (Lipinski definition) is 2. The van der Waals surface area contributed by atoms with Crippen molar-refractivity contribution in [3.8, 4) is 5.75 Å². The lowest BCUT2D eigenvalue weighted by Gasteiger charge is -2.14. The number of methoxy groups -OCH3 is 1. The first-order valence-electron chi connectivity index (χ1n) is 8.42. The smallest absolute Gasteiger partial charge is 0.321 e. The molecule has 28 heavy (non-hydrogen) atoms. The van der Waals surface area contributed by atoms with Gasteiger partial charge in [0.15, 0.2) is 6.10 Å². The third-order valence-electron chi connectivity index (χ3n) is 3.75. The largest absolute Gasteiger partial charge is 0.497 e. The van der Waals surface area contributed by atoms with Crippen molar-refractivity contribution in [1.29, 1.82) is 0 Å². The van der Waals surface area contributed by atoms with Crippen LogP contribution in [-0.2, 0) is 24.3 Å². The molecule has 0 aliphatic heterocycles. The van der Waals surface area contributed by atoms with Crippen LogP contribution >= 0.6 is 0 Å². The summed E-state index contributed by atoms with van der Waals surface area (Å²) in [5, 5.41) is 2.59. The molecule has 1 atom stereocenters. The average molecular weight is 406 g/mol. The molecular weight excluding hydrogens is 384 g/mol. The van der Waals surface area contributed by atoms with E-state index in [1.807, 2.05) is 6.92 Å². The second kappa shape index (κ2) is 9.34. The van der Waals surface area contributed by atoms with Crippen LogP contribution in [0.1, 0.15) is 12.5 Å². The Morgan fingerprint density at radius 2 is 1.79 bits per heavy atom. The summed E-state index contributed by atoms with van der Waals surface area (Å²) < 4.78 is 36.5. The Hall–Kier alpha value is -2.91. The van der Waals surface area contributed by atoms with Crippen LogP contribution in [0.4, 0.5) is 5.69 Å². The van der Waals surface area contributed by atoms with Gasteiger partial charge >= 0.3 is 5.97 Å². The number of aryl methyl sites for hydroxylation is 1. The highest BCUT2D eigenvalue weighted by molar-refractivity contribution is 7.89. The van der Waals surface area contributed by atoms with Gasteiger partial charge in [-0.2, -0.15) is 4.72 Å². The molecule has 0 spiro atoms. The summed E-state index contributed by atoms with van der Waals surface area (Å²) in [6.07, 6.45) is -1.11. The van der Waals surface area contributed by atoms with Crippen molar-refractivity contribution in [2.75, 3.05) is 19.0 Å². The van der Waals surface area contributed by atoms with Crippen molar-refractivity contribution >= 4 is 27.6 Å². The Bertz CT molecular complexity index is 941. The molecule has 0 heterocycles. The normalized spacial score (nSPS) is 12.1. The molecule has 0 bridgehead atoms. The Labute approximate surface area is 163 Å².